The highest BCUT2D eigenvalue weighted by atomic mass is 16.5. The molecule has 2 atom stereocenters. The van der Waals surface area contributed by atoms with Gasteiger partial charge in [-0.1, -0.05) is 27.7 Å². The molecular formula is C18H34N2O4. The van der Waals surface area contributed by atoms with Gasteiger partial charge in [0.2, 0.25) is 11.8 Å². The van der Waals surface area contributed by atoms with Gasteiger partial charge < -0.3 is 15.4 Å². The maximum Gasteiger partial charge on any atom is 0.306 e. The number of rotatable bonds is 12. The summed E-state index contributed by atoms with van der Waals surface area (Å²) in [6.45, 7) is 11.3. The molecule has 2 N–H and O–H groups in total. The lowest BCUT2D eigenvalue weighted by Crippen LogP contribution is -2.32. The van der Waals surface area contributed by atoms with Gasteiger partial charge in [-0.3, -0.25) is 14.4 Å². The first-order valence-electron chi connectivity index (χ1n) is 8.96. The molecule has 0 saturated carbocycles. The van der Waals surface area contributed by atoms with Gasteiger partial charge >= 0.3 is 5.97 Å². The van der Waals surface area contributed by atoms with Crippen LogP contribution in [0.5, 0.6) is 0 Å². The number of hydrogen-bond donors (Lipinski definition) is 2. The van der Waals surface area contributed by atoms with Gasteiger partial charge in [-0.05, 0) is 31.6 Å². The van der Waals surface area contributed by atoms with Crippen LogP contribution in [0.1, 0.15) is 60.3 Å². The molecule has 0 heterocycles. The third-order valence-electron chi connectivity index (χ3n) is 3.81. The summed E-state index contributed by atoms with van der Waals surface area (Å²) in [6, 6.07) is 0. The SMILES string of the molecule is CCOC(=O)CCC(=O)NCC(C)CCC(C)CNC(=O)C(C)C. The first-order chi connectivity index (χ1) is 11.3. The molecule has 0 fully saturated rings. The molecule has 0 bridgehead atoms. The van der Waals surface area contributed by atoms with Crippen LogP contribution < -0.4 is 10.6 Å². The predicted molar refractivity (Wildman–Crippen MR) is 94.3 cm³/mol. The van der Waals surface area contributed by atoms with Gasteiger partial charge in [0.1, 0.15) is 0 Å². The van der Waals surface area contributed by atoms with Crippen molar-refractivity contribution in [2.45, 2.75) is 60.3 Å². The Hall–Kier alpha value is -1.59. The molecule has 6 heteroatoms. The summed E-state index contributed by atoms with van der Waals surface area (Å²) < 4.78 is 4.79. The van der Waals surface area contributed by atoms with Crippen molar-refractivity contribution in [2.75, 3.05) is 19.7 Å². The van der Waals surface area contributed by atoms with E-state index >= 15 is 0 Å². The summed E-state index contributed by atoms with van der Waals surface area (Å²) in [5, 5.41) is 5.79. The van der Waals surface area contributed by atoms with Crippen molar-refractivity contribution in [2.24, 2.45) is 17.8 Å². The van der Waals surface area contributed by atoms with Crippen molar-refractivity contribution in [3.63, 3.8) is 0 Å². The van der Waals surface area contributed by atoms with Crippen molar-refractivity contribution < 1.29 is 19.1 Å². The monoisotopic (exact) mass is 342 g/mol. The zero-order valence-corrected chi connectivity index (χ0v) is 15.8. The smallest absolute Gasteiger partial charge is 0.306 e. The average Bonchev–Trinajstić information content (AvgIpc) is 2.53. The van der Waals surface area contributed by atoms with E-state index in [2.05, 4.69) is 24.5 Å². The topological polar surface area (TPSA) is 84.5 Å². The van der Waals surface area contributed by atoms with Gasteiger partial charge in [-0.2, -0.15) is 0 Å². The van der Waals surface area contributed by atoms with Gasteiger partial charge in [0.05, 0.1) is 13.0 Å². The van der Waals surface area contributed by atoms with Crippen LogP contribution in [0.25, 0.3) is 0 Å². The first-order valence-corrected chi connectivity index (χ1v) is 8.96. The van der Waals surface area contributed by atoms with E-state index in [0.29, 0.717) is 31.5 Å². The molecule has 0 saturated heterocycles. The molecule has 0 aromatic carbocycles. The molecule has 0 spiro atoms. The normalized spacial score (nSPS) is 13.2. The minimum atomic E-state index is -0.335. The molecular weight excluding hydrogens is 308 g/mol. The minimum Gasteiger partial charge on any atom is -0.466 e. The second-order valence-electron chi connectivity index (χ2n) is 6.80. The van der Waals surface area contributed by atoms with Gasteiger partial charge in [0.15, 0.2) is 0 Å². The summed E-state index contributed by atoms with van der Waals surface area (Å²) >= 11 is 0. The summed E-state index contributed by atoms with van der Waals surface area (Å²) in [4.78, 5) is 34.4. The molecule has 0 aromatic heterocycles. The number of carbonyl (C=O) groups excluding carboxylic acids is 3. The number of hydrogen-bond acceptors (Lipinski definition) is 4. The van der Waals surface area contributed by atoms with Crippen LogP contribution in [0, 0.1) is 17.8 Å². The lowest BCUT2D eigenvalue weighted by atomic mass is 9.97. The first kappa shape index (κ1) is 22.4. The van der Waals surface area contributed by atoms with E-state index in [1.807, 2.05) is 13.8 Å². The third-order valence-corrected chi connectivity index (χ3v) is 3.81. The van der Waals surface area contributed by atoms with Crippen molar-refractivity contribution in [1.82, 2.24) is 10.6 Å². The standard InChI is InChI=1S/C18H34N2O4/c1-6-24-17(22)10-9-16(21)19-11-14(4)7-8-15(5)12-20-18(23)13(2)3/h13-15H,6-12H2,1-5H3,(H,19,21)(H,20,23). The molecule has 0 aromatic rings. The Balaban J connectivity index is 3.78. The Morgan fingerprint density at radius 1 is 0.875 bits per heavy atom. The molecule has 0 aliphatic heterocycles. The maximum absolute atomic E-state index is 11.7. The zero-order valence-electron chi connectivity index (χ0n) is 15.8. The van der Waals surface area contributed by atoms with Crippen LogP contribution in [0.4, 0.5) is 0 Å². The lowest BCUT2D eigenvalue weighted by Gasteiger charge is -2.17. The van der Waals surface area contributed by atoms with Crippen LogP contribution in [0.15, 0.2) is 0 Å². The maximum atomic E-state index is 11.7. The Bertz CT molecular complexity index is 396. The van der Waals surface area contributed by atoms with Gasteiger partial charge in [-0.15, -0.1) is 0 Å². The Labute approximate surface area is 146 Å². The van der Waals surface area contributed by atoms with E-state index in [9.17, 15) is 14.4 Å². The Morgan fingerprint density at radius 3 is 1.92 bits per heavy atom. The van der Waals surface area contributed by atoms with Crippen LogP contribution >= 0.6 is 0 Å². The fourth-order valence-electron chi connectivity index (χ4n) is 2.08. The summed E-state index contributed by atoms with van der Waals surface area (Å²) in [5.41, 5.74) is 0. The fraction of sp³-hybridized carbons (Fsp3) is 0.833. The van der Waals surface area contributed by atoms with E-state index in [-0.39, 0.29) is 36.5 Å². The average molecular weight is 342 g/mol. The molecule has 24 heavy (non-hydrogen) atoms. The van der Waals surface area contributed by atoms with Gasteiger partial charge in [0, 0.05) is 25.4 Å². The Morgan fingerprint density at radius 2 is 1.42 bits per heavy atom. The van der Waals surface area contributed by atoms with Gasteiger partial charge in [0.25, 0.3) is 0 Å². The van der Waals surface area contributed by atoms with Crippen LogP contribution in [0.2, 0.25) is 0 Å². The van der Waals surface area contributed by atoms with Crippen LogP contribution in [-0.2, 0) is 19.1 Å². The van der Waals surface area contributed by atoms with E-state index in [1.165, 1.54) is 0 Å². The highest BCUT2D eigenvalue weighted by Crippen LogP contribution is 2.11. The van der Waals surface area contributed by atoms with Crippen LogP contribution in [-0.4, -0.2) is 37.5 Å². The summed E-state index contributed by atoms with van der Waals surface area (Å²) in [5.74, 6) is 0.421. The molecule has 6 nitrogen and oxygen atoms in total. The highest BCUT2D eigenvalue weighted by Gasteiger charge is 2.12. The number of ether oxygens (including phenoxy) is 1. The van der Waals surface area contributed by atoms with E-state index in [4.69, 9.17) is 4.74 Å². The number of nitrogens with one attached hydrogen (secondary N) is 2. The second-order valence-corrected chi connectivity index (χ2v) is 6.80. The summed E-state index contributed by atoms with van der Waals surface area (Å²) in [6.07, 6.45) is 2.28. The highest BCUT2D eigenvalue weighted by molar-refractivity contribution is 5.81. The second kappa shape index (κ2) is 12.8. The van der Waals surface area contributed by atoms with Crippen molar-refractivity contribution in [1.29, 1.82) is 0 Å². The largest absolute Gasteiger partial charge is 0.466 e. The predicted octanol–water partition coefficient (Wildman–Crippen LogP) is 2.27. The zero-order chi connectivity index (χ0) is 18.5. The molecule has 0 aliphatic rings. The molecule has 140 valence electrons. The van der Waals surface area contributed by atoms with Crippen molar-refractivity contribution in [3.8, 4) is 0 Å². The molecule has 2 unspecified atom stereocenters. The van der Waals surface area contributed by atoms with E-state index in [0.717, 1.165) is 12.8 Å². The summed E-state index contributed by atoms with van der Waals surface area (Å²) in [7, 11) is 0. The minimum absolute atomic E-state index is 0.0148. The fourth-order valence-corrected chi connectivity index (χ4v) is 2.08. The molecule has 0 rings (SSSR count). The lowest BCUT2D eigenvalue weighted by molar-refractivity contribution is -0.144. The quantitative estimate of drug-likeness (QED) is 0.533. The number of carbonyl (C=O) groups is 3. The van der Waals surface area contributed by atoms with Gasteiger partial charge in [-0.25, -0.2) is 0 Å². The number of esters is 1. The molecule has 2 amide bonds. The third kappa shape index (κ3) is 11.9. The van der Waals surface area contributed by atoms with Crippen LogP contribution in [0.3, 0.4) is 0 Å². The van der Waals surface area contributed by atoms with E-state index < -0.39 is 0 Å². The molecule has 0 radical (unpaired) electrons. The molecule has 0 aliphatic carbocycles. The Kier molecular flexibility index (Phi) is 11.9. The van der Waals surface area contributed by atoms with E-state index in [1.54, 1.807) is 6.92 Å². The number of amides is 2. The van der Waals surface area contributed by atoms with Crippen molar-refractivity contribution >= 4 is 17.8 Å². The van der Waals surface area contributed by atoms with Crippen molar-refractivity contribution in [3.05, 3.63) is 0 Å².